The smallest absolute Gasteiger partial charge is 0.264 e. The first-order chi connectivity index (χ1) is 15.6. The molecule has 1 fully saturated rings. The lowest BCUT2D eigenvalue weighted by Gasteiger charge is -2.22. The summed E-state index contributed by atoms with van der Waals surface area (Å²) in [6.07, 6.45) is 5.02. The van der Waals surface area contributed by atoms with Crippen LogP contribution in [0.1, 0.15) is 52.3 Å². The van der Waals surface area contributed by atoms with Gasteiger partial charge in [0.05, 0.1) is 10.3 Å². The Balaban J connectivity index is 1.37. The molecule has 1 saturated heterocycles. The van der Waals surface area contributed by atoms with Crippen LogP contribution in [-0.4, -0.2) is 51.4 Å². The Bertz CT molecular complexity index is 1180. The van der Waals surface area contributed by atoms with Crippen LogP contribution in [0.2, 0.25) is 0 Å². The van der Waals surface area contributed by atoms with E-state index < -0.39 is 0 Å². The molecule has 0 spiro atoms. The number of fused-ring (bicyclic) bond motifs is 2. The van der Waals surface area contributed by atoms with Crippen molar-refractivity contribution in [2.24, 2.45) is 0 Å². The standard InChI is InChI=1S/C25H30N4O2S/c1-18-21-23(26-20-11-6-3-7-14-29(20)24(21)30)32-22(18)25(31)28-13-8-12-27(15-16-28)17-19-9-4-2-5-10-19/h2,4-5,9-10H,3,6-8,11-17H2,1H3. The second-order valence-electron chi connectivity index (χ2n) is 8.94. The Hall–Kier alpha value is -2.51. The zero-order chi connectivity index (χ0) is 22.1. The Labute approximate surface area is 192 Å². The molecule has 2 aromatic heterocycles. The first-order valence-corrected chi connectivity index (χ1v) is 12.5. The molecule has 1 aromatic carbocycles. The number of hydrogen-bond acceptors (Lipinski definition) is 5. The summed E-state index contributed by atoms with van der Waals surface area (Å²) < 4.78 is 1.84. The van der Waals surface area contributed by atoms with Gasteiger partial charge in [-0.05, 0) is 37.3 Å². The van der Waals surface area contributed by atoms with Crippen molar-refractivity contribution >= 4 is 27.5 Å². The maximum Gasteiger partial charge on any atom is 0.264 e. The van der Waals surface area contributed by atoms with Crippen molar-refractivity contribution in [1.82, 2.24) is 19.4 Å². The predicted molar refractivity (Wildman–Crippen MR) is 128 cm³/mol. The maximum absolute atomic E-state index is 13.5. The maximum atomic E-state index is 13.5. The normalized spacial score (nSPS) is 17.7. The van der Waals surface area contributed by atoms with Crippen LogP contribution in [0.4, 0.5) is 0 Å². The van der Waals surface area contributed by atoms with Crippen molar-refractivity contribution in [1.29, 1.82) is 0 Å². The minimum atomic E-state index is 0.0320. The molecule has 0 saturated carbocycles. The van der Waals surface area contributed by atoms with Gasteiger partial charge in [0.15, 0.2) is 0 Å². The van der Waals surface area contributed by atoms with Crippen LogP contribution in [0, 0.1) is 6.92 Å². The van der Waals surface area contributed by atoms with Gasteiger partial charge in [-0.25, -0.2) is 4.98 Å². The number of aryl methyl sites for hydroxylation is 2. The summed E-state index contributed by atoms with van der Waals surface area (Å²) in [5, 5.41) is 0.643. The first-order valence-electron chi connectivity index (χ1n) is 11.7. The van der Waals surface area contributed by atoms with Crippen LogP contribution in [0.5, 0.6) is 0 Å². The van der Waals surface area contributed by atoms with E-state index in [0.29, 0.717) is 16.8 Å². The molecule has 1 amide bonds. The lowest BCUT2D eigenvalue weighted by atomic mass is 10.2. The summed E-state index contributed by atoms with van der Waals surface area (Å²) in [6, 6.07) is 10.5. The van der Waals surface area contributed by atoms with E-state index in [4.69, 9.17) is 4.98 Å². The molecule has 0 N–H and O–H groups in total. The van der Waals surface area contributed by atoms with Gasteiger partial charge < -0.3 is 4.90 Å². The third kappa shape index (κ3) is 4.11. The molecule has 2 aliphatic heterocycles. The molecule has 0 aliphatic carbocycles. The highest BCUT2D eigenvalue weighted by molar-refractivity contribution is 7.20. The molecule has 0 unspecified atom stereocenters. The molecule has 7 heteroatoms. The molecule has 3 aromatic rings. The Kier molecular flexibility index (Phi) is 6.11. The summed E-state index contributed by atoms with van der Waals surface area (Å²) >= 11 is 1.40. The molecule has 6 nitrogen and oxygen atoms in total. The first kappa shape index (κ1) is 21.3. The lowest BCUT2D eigenvalue weighted by Crippen LogP contribution is -2.35. The van der Waals surface area contributed by atoms with Gasteiger partial charge >= 0.3 is 0 Å². The van der Waals surface area contributed by atoms with E-state index in [1.165, 1.54) is 16.9 Å². The molecule has 168 valence electrons. The zero-order valence-corrected chi connectivity index (χ0v) is 19.5. The van der Waals surface area contributed by atoms with Crippen LogP contribution in [0.15, 0.2) is 35.1 Å². The monoisotopic (exact) mass is 450 g/mol. The fraction of sp³-hybridized carbons (Fsp3) is 0.480. The number of nitrogens with zero attached hydrogens (tertiary/aromatic N) is 4. The fourth-order valence-corrected chi connectivity index (χ4v) is 6.09. The number of carbonyl (C=O) groups is 1. The minimum absolute atomic E-state index is 0.0320. The molecule has 32 heavy (non-hydrogen) atoms. The third-order valence-corrected chi connectivity index (χ3v) is 7.90. The molecule has 4 heterocycles. The number of carbonyl (C=O) groups excluding carboxylic acids is 1. The van der Waals surface area contributed by atoms with E-state index in [1.54, 1.807) is 0 Å². The summed E-state index contributed by atoms with van der Waals surface area (Å²) in [6.45, 7) is 6.87. The van der Waals surface area contributed by atoms with Gasteiger partial charge in [0.2, 0.25) is 0 Å². The van der Waals surface area contributed by atoms with Crippen molar-refractivity contribution in [2.75, 3.05) is 26.2 Å². The van der Waals surface area contributed by atoms with Crippen molar-refractivity contribution < 1.29 is 4.79 Å². The van der Waals surface area contributed by atoms with Gasteiger partial charge in [0.1, 0.15) is 10.7 Å². The van der Waals surface area contributed by atoms with Crippen LogP contribution >= 0.6 is 11.3 Å². The number of thiophene rings is 1. The van der Waals surface area contributed by atoms with E-state index in [9.17, 15) is 9.59 Å². The Morgan fingerprint density at radius 3 is 2.69 bits per heavy atom. The summed E-state index contributed by atoms with van der Waals surface area (Å²) in [4.78, 5) is 37.3. The second kappa shape index (κ2) is 9.16. The third-order valence-electron chi connectivity index (χ3n) is 6.73. The number of rotatable bonds is 3. The predicted octanol–water partition coefficient (Wildman–Crippen LogP) is 3.84. The van der Waals surface area contributed by atoms with Crippen LogP contribution < -0.4 is 5.56 Å². The van der Waals surface area contributed by atoms with Gasteiger partial charge in [-0.15, -0.1) is 11.3 Å². The van der Waals surface area contributed by atoms with Crippen LogP contribution in [0.25, 0.3) is 10.2 Å². The molecule has 0 bridgehead atoms. The van der Waals surface area contributed by atoms with Gasteiger partial charge in [0.25, 0.3) is 11.5 Å². The largest absolute Gasteiger partial charge is 0.337 e. The highest BCUT2D eigenvalue weighted by Crippen LogP contribution is 2.29. The van der Waals surface area contributed by atoms with Gasteiger partial charge in [-0.2, -0.15) is 0 Å². The SMILES string of the molecule is Cc1c(C(=O)N2CCCN(Cc3ccccc3)CC2)sc2nc3n(c(=O)c12)CCCCC3. The fourth-order valence-electron chi connectivity index (χ4n) is 4.93. The molecular formula is C25H30N4O2S. The molecule has 0 atom stereocenters. The summed E-state index contributed by atoms with van der Waals surface area (Å²) in [5.41, 5.74) is 2.14. The van der Waals surface area contributed by atoms with E-state index in [1.807, 2.05) is 22.5 Å². The van der Waals surface area contributed by atoms with E-state index >= 15 is 0 Å². The second-order valence-corrected chi connectivity index (χ2v) is 9.94. The van der Waals surface area contributed by atoms with Crippen molar-refractivity contribution in [3.63, 3.8) is 0 Å². The highest BCUT2D eigenvalue weighted by atomic mass is 32.1. The average molecular weight is 451 g/mol. The molecule has 2 aliphatic rings. The average Bonchev–Trinajstić information content (AvgIpc) is 2.99. The minimum Gasteiger partial charge on any atom is -0.337 e. The zero-order valence-electron chi connectivity index (χ0n) is 18.7. The van der Waals surface area contributed by atoms with Crippen molar-refractivity contribution in [3.8, 4) is 0 Å². The van der Waals surface area contributed by atoms with Crippen molar-refractivity contribution in [3.05, 3.63) is 62.5 Å². The topological polar surface area (TPSA) is 58.4 Å². The molecule has 0 radical (unpaired) electrons. The Morgan fingerprint density at radius 2 is 1.84 bits per heavy atom. The highest BCUT2D eigenvalue weighted by Gasteiger charge is 2.26. The van der Waals surface area contributed by atoms with Gasteiger partial charge in [-0.1, -0.05) is 36.8 Å². The number of aromatic nitrogens is 2. The quantitative estimate of drug-likeness (QED) is 0.608. The number of amides is 1. The van der Waals surface area contributed by atoms with E-state index in [2.05, 4.69) is 29.2 Å². The summed E-state index contributed by atoms with van der Waals surface area (Å²) in [7, 11) is 0. The number of benzene rings is 1. The van der Waals surface area contributed by atoms with Crippen molar-refractivity contribution in [2.45, 2.75) is 52.1 Å². The van der Waals surface area contributed by atoms with E-state index in [-0.39, 0.29) is 11.5 Å². The lowest BCUT2D eigenvalue weighted by molar-refractivity contribution is 0.0765. The van der Waals surface area contributed by atoms with Gasteiger partial charge in [0, 0.05) is 45.7 Å². The summed E-state index contributed by atoms with van der Waals surface area (Å²) in [5.74, 6) is 0.929. The molecule has 5 rings (SSSR count). The van der Waals surface area contributed by atoms with E-state index in [0.717, 1.165) is 81.0 Å². The van der Waals surface area contributed by atoms with Gasteiger partial charge in [-0.3, -0.25) is 19.1 Å². The Morgan fingerprint density at radius 1 is 1.00 bits per heavy atom. The molecular weight excluding hydrogens is 420 g/mol. The number of hydrogen-bond donors (Lipinski definition) is 0. The van der Waals surface area contributed by atoms with Crippen LogP contribution in [0.3, 0.4) is 0 Å². The van der Waals surface area contributed by atoms with Crippen LogP contribution in [-0.2, 0) is 19.5 Å².